The molecule has 0 saturated heterocycles. The van der Waals surface area contributed by atoms with Crippen molar-refractivity contribution in [1.29, 1.82) is 0 Å². The van der Waals surface area contributed by atoms with Crippen LogP contribution in [0.4, 0.5) is 0 Å². The van der Waals surface area contributed by atoms with Crippen LogP contribution in [0, 0.1) is 0 Å². The van der Waals surface area contributed by atoms with Gasteiger partial charge in [0, 0.05) is 0 Å². The third-order valence-corrected chi connectivity index (χ3v) is 5.00. The predicted octanol–water partition coefficient (Wildman–Crippen LogP) is 2.77. The molecule has 2 heteroatoms. The maximum absolute atomic E-state index is 9.83. The molecule has 1 rings (SSSR count). The molecule has 1 atom stereocenters. The van der Waals surface area contributed by atoms with Crippen LogP contribution in [0.15, 0.2) is 30.3 Å². The number of hydrogen-bond donors (Lipinski definition) is 1. The average Bonchev–Trinajstić information content (AvgIpc) is 2.33. The van der Waals surface area contributed by atoms with Gasteiger partial charge in [0.25, 0.3) is 0 Å². The second-order valence-corrected chi connectivity index (χ2v) is 6.42. The van der Waals surface area contributed by atoms with Gasteiger partial charge in [-0.25, -0.2) is 0 Å². The number of aliphatic hydroxyl groups is 1. The van der Waals surface area contributed by atoms with E-state index in [1.54, 1.807) is 0 Å². The third-order valence-electron chi connectivity index (χ3n) is 2.58. The van der Waals surface area contributed by atoms with Gasteiger partial charge in [0.05, 0.1) is 0 Å². The van der Waals surface area contributed by atoms with Crippen LogP contribution in [0.5, 0.6) is 0 Å². The Kier molecular flexibility index (Phi) is 7.58. The number of rotatable bonds is 8. The van der Waals surface area contributed by atoms with E-state index in [0.29, 0.717) is 15.0 Å². The summed E-state index contributed by atoms with van der Waals surface area (Å²) in [7, 11) is 0. The summed E-state index contributed by atoms with van der Waals surface area (Å²) in [6.45, 7) is 2.22. The Morgan fingerprint density at radius 3 is 2.56 bits per heavy atom. The van der Waals surface area contributed by atoms with Gasteiger partial charge in [0.1, 0.15) is 0 Å². The first kappa shape index (κ1) is 13.8. The van der Waals surface area contributed by atoms with Crippen molar-refractivity contribution in [3.8, 4) is 0 Å². The summed E-state index contributed by atoms with van der Waals surface area (Å²) in [5.74, 6) is 0. The van der Waals surface area contributed by atoms with E-state index >= 15 is 0 Å². The Morgan fingerprint density at radius 2 is 1.88 bits per heavy atom. The van der Waals surface area contributed by atoms with E-state index in [1.807, 2.05) is 6.07 Å². The molecule has 1 nitrogen and oxygen atoms in total. The molecule has 0 aliphatic carbocycles. The van der Waals surface area contributed by atoms with Crippen molar-refractivity contribution < 1.29 is 5.11 Å². The van der Waals surface area contributed by atoms with Gasteiger partial charge in [-0.2, -0.15) is 0 Å². The molecule has 0 spiro atoms. The van der Waals surface area contributed by atoms with Gasteiger partial charge in [-0.05, 0) is 0 Å². The Bertz CT molecular complexity index is 261. The molecule has 0 heterocycles. The summed E-state index contributed by atoms with van der Waals surface area (Å²) >= 11 is 0.436. The molecule has 1 aromatic rings. The Balaban J connectivity index is 2.08. The molecule has 0 fully saturated rings. The van der Waals surface area contributed by atoms with Gasteiger partial charge in [0.15, 0.2) is 0 Å². The summed E-state index contributed by atoms with van der Waals surface area (Å²) < 4.78 is 1.39. The Hall–Kier alpha value is -0.301. The summed E-state index contributed by atoms with van der Waals surface area (Å²) in [4.78, 5) is 0. The Labute approximate surface area is 105 Å². The normalized spacial score (nSPS) is 12.6. The minimum absolute atomic E-state index is 0.0861. The molecule has 0 amide bonds. The number of aliphatic hydroxyl groups excluding tert-OH is 1. The van der Waals surface area contributed by atoms with Gasteiger partial charge < -0.3 is 0 Å². The number of benzene rings is 1. The van der Waals surface area contributed by atoms with Gasteiger partial charge in [-0.3, -0.25) is 0 Å². The van der Waals surface area contributed by atoms with Crippen molar-refractivity contribution in [3.05, 3.63) is 30.3 Å². The number of unbranched alkanes of at least 4 members (excludes halogenated alkanes) is 3. The van der Waals surface area contributed by atoms with E-state index in [1.165, 1.54) is 30.1 Å². The van der Waals surface area contributed by atoms with Crippen LogP contribution in [-0.2, 0) is 0 Å². The fraction of sp³-hybridized carbons (Fsp3) is 0.571. The third kappa shape index (κ3) is 6.32. The molecule has 0 saturated carbocycles. The van der Waals surface area contributed by atoms with Crippen molar-refractivity contribution in [1.82, 2.24) is 0 Å². The Morgan fingerprint density at radius 1 is 1.12 bits per heavy atom. The molecule has 16 heavy (non-hydrogen) atoms. The van der Waals surface area contributed by atoms with Crippen LogP contribution in [0.25, 0.3) is 0 Å². The van der Waals surface area contributed by atoms with Crippen molar-refractivity contribution in [2.24, 2.45) is 0 Å². The fourth-order valence-electron chi connectivity index (χ4n) is 1.60. The van der Waals surface area contributed by atoms with Crippen molar-refractivity contribution >= 4 is 19.4 Å². The van der Waals surface area contributed by atoms with Crippen molar-refractivity contribution in [2.45, 2.75) is 50.5 Å². The van der Waals surface area contributed by atoms with Crippen LogP contribution in [-0.4, -0.2) is 26.2 Å². The van der Waals surface area contributed by atoms with Crippen LogP contribution in [0.2, 0.25) is 5.32 Å². The number of hydrogen-bond acceptors (Lipinski definition) is 1. The minimum atomic E-state index is -0.0861. The topological polar surface area (TPSA) is 20.2 Å². The second kappa shape index (κ2) is 8.81. The molecular formula is C14H22OSe. The fourth-order valence-corrected chi connectivity index (χ4v) is 3.49. The molecule has 0 bridgehead atoms. The van der Waals surface area contributed by atoms with E-state index in [0.717, 1.165) is 11.7 Å². The molecule has 0 aromatic heterocycles. The van der Waals surface area contributed by atoms with E-state index in [-0.39, 0.29) is 6.10 Å². The summed E-state index contributed by atoms with van der Waals surface area (Å²) in [6.07, 6.45) is 5.91. The van der Waals surface area contributed by atoms with Gasteiger partial charge in [0.2, 0.25) is 0 Å². The first-order chi connectivity index (χ1) is 7.83. The summed E-state index contributed by atoms with van der Waals surface area (Å²) in [6, 6.07) is 10.5. The molecule has 90 valence electrons. The van der Waals surface area contributed by atoms with E-state index in [9.17, 15) is 5.11 Å². The summed E-state index contributed by atoms with van der Waals surface area (Å²) in [5, 5.41) is 10.8. The average molecular weight is 285 g/mol. The zero-order chi connectivity index (χ0) is 11.6. The molecule has 1 N–H and O–H groups in total. The molecular weight excluding hydrogens is 263 g/mol. The summed E-state index contributed by atoms with van der Waals surface area (Å²) in [5.41, 5.74) is 0. The van der Waals surface area contributed by atoms with Crippen LogP contribution < -0.4 is 4.46 Å². The maximum atomic E-state index is 9.83. The van der Waals surface area contributed by atoms with Gasteiger partial charge >= 0.3 is 105 Å². The molecule has 1 unspecified atom stereocenters. The first-order valence-electron chi connectivity index (χ1n) is 6.19. The second-order valence-electron chi connectivity index (χ2n) is 4.13. The van der Waals surface area contributed by atoms with Gasteiger partial charge in [-0.1, -0.05) is 0 Å². The zero-order valence-corrected chi connectivity index (χ0v) is 11.8. The van der Waals surface area contributed by atoms with E-state index in [2.05, 4.69) is 31.2 Å². The quantitative estimate of drug-likeness (QED) is 0.575. The zero-order valence-electron chi connectivity index (χ0n) is 10.1. The standard InChI is InChI=1S/C14H22OSe/c1-2-3-4-6-9-13(15)12-16-14-10-7-5-8-11-14/h5,7-8,10-11,13,15H,2-4,6,9,12H2,1H3. The monoisotopic (exact) mass is 286 g/mol. The van der Waals surface area contributed by atoms with Crippen LogP contribution >= 0.6 is 0 Å². The molecule has 0 aliphatic rings. The van der Waals surface area contributed by atoms with Crippen LogP contribution in [0.3, 0.4) is 0 Å². The SMILES string of the molecule is CCCCCCC(O)C[Se]c1ccccc1. The predicted molar refractivity (Wildman–Crippen MR) is 71.4 cm³/mol. The molecule has 1 aromatic carbocycles. The molecule has 0 aliphatic heterocycles. The van der Waals surface area contributed by atoms with E-state index in [4.69, 9.17) is 0 Å². The molecule has 0 radical (unpaired) electrons. The van der Waals surface area contributed by atoms with Gasteiger partial charge in [-0.15, -0.1) is 0 Å². The van der Waals surface area contributed by atoms with E-state index < -0.39 is 0 Å². The van der Waals surface area contributed by atoms with Crippen molar-refractivity contribution in [2.75, 3.05) is 0 Å². The first-order valence-corrected chi connectivity index (χ1v) is 8.25. The van der Waals surface area contributed by atoms with Crippen molar-refractivity contribution in [3.63, 3.8) is 0 Å². The van der Waals surface area contributed by atoms with Crippen LogP contribution in [0.1, 0.15) is 39.0 Å².